The van der Waals surface area contributed by atoms with Gasteiger partial charge < -0.3 is 10.3 Å². The number of hydrogen-bond acceptors (Lipinski definition) is 4. The lowest BCUT2D eigenvalue weighted by molar-refractivity contribution is -0.619. The van der Waals surface area contributed by atoms with E-state index >= 15 is 0 Å². The van der Waals surface area contributed by atoms with Crippen LogP contribution in [0.25, 0.3) is 0 Å². The van der Waals surface area contributed by atoms with Crippen LogP contribution in [0.4, 0.5) is 0 Å². The Morgan fingerprint density at radius 3 is 2.71 bits per heavy atom. The Balaban J connectivity index is 2.20. The van der Waals surface area contributed by atoms with E-state index in [0.29, 0.717) is 4.73 Å². The van der Waals surface area contributed by atoms with E-state index in [1.165, 1.54) is 6.20 Å². The van der Waals surface area contributed by atoms with Gasteiger partial charge in [0.15, 0.2) is 12.3 Å². The number of aliphatic hydroxyl groups is 1. The van der Waals surface area contributed by atoms with Gasteiger partial charge in [-0.2, -0.15) is 9.99 Å². The van der Waals surface area contributed by atoms with Gasteiger partial charge in [-0.1, -0.05) is 0 Å². The lowest BCUT2D eigenvalue weighted by atomic mass is 10.1. The maximum absolute atomic E-state index is 11.5. The highest BCUT2D eigenvalue weighted by Crippen LogP contribution is 2.21. The fourth-order valence-electron chi connectivity index (χ4n) is 2.20. The zero-order valence-electron chi connectivity index (χ0n) is 9.49. The number of nitrogens with zero attached hydrogens (tertiary/aromatic N) is 3. The van der Waals surface area contributed by atoms with Crippen LogP contribution in [0.5, 0.6) is 0 Å². The highest BCUT2D eigenvalue weighted by molar-refractivity contribution is 5.10. The Morgan fingerprint density at radius 2 is 2.12 bits per heavy atom. The van der Waals surface area contributed by atoms with Crippen LogP contribution in [0.15, 0.2) is 24.4 Å². The SMILES string of the molecule is N#C[C@H]([C@H](O)c1cccc[n+]1[O-])N1CCCC1. The summed E-state index contributed by atoms with van der Waals surface area (Å²) in [5.41, 5.74) is 0.228. The Morgan fingerprint density at radius 1 is 1.41 bits per heavy atom. The zero-order chi connectivity index (χ0) is 12.3. The van der Waals surface area contributed by atoms with Crippen molar-refractivity contribution >= 4 is 0 Å². The molecule has 0 amide bonds. The van der Waals surface area contributed by atoms with Crippen molar-refractivity contribution in [3.8, 4) is 6.07 Å². The molecule has 0 unspecified atom stereocenters. The maximum Gasteiger partial charge on any atom is 0.224 e. The normalized spacial score (nSPS) is 19.8. The third kappa shape index (κ3) is 2.38. The molecule has 1 aliphatic rings. The fraction of sp³-hybridized carbons (Fsp3) is 0.500. The van der Waals surface area contributed by atoms with Gasteiger partial charge in [-0.05, 0) is 32.0 Å². The van der Waals surface area contributed by atoms with E-state index in [1.54, 1.807) is 18.2 Å². The van der Waals surface area contributed by atoms with Crippen LogP contribution in [0.1, 0.15) is 24.6 Å². The van der Waals surface area contributed by atoms with E-state index in [2.05, 4.69) is 6.07 Å². The topological polar surface area (TPSA) is 74.2 Å². The minimum Gasteiger partial charge on any atom is -0.618 e. The third-order valence-electron chi connectivity index (χ3n) is 3.12. The number of aromatic nitrogens is 1. The van der Waals surface area contributed by atoms with E-state index in [0.717, 1.165) is 25.9 Å². The maximum atomic E-state index is 11.5. The van der Waals surface area contributed by atoms with Crippen LogP contribution in [0.2, 0.25) is 0 Å². The lowest BCUT2D eigenvalue weighted by Gasteiger charge is -2.24. The molecule has 2 rings (SSSR count). The number of hydrogen-bond donors (Lipinski definition) is 1. The molecule has 1 fully saturated rings. The van der Waals surface area contributed by atoms with E-state index in [1.807, 2.05) is 4.90 Å². The van der Waals surface area contributed by atoms with Crippen molar-refractivity contribution in [2.75, 3.05) is 13.1 Å². The molecule has 0 aromatic carbocycles. The molecule has 1 aromatic heterocycles. The van der Waals surface area contributed by atoms with E-state index in [-0.39, 0.29) is 5.69 Å². The first-order valence-corrected chi connectivity index (χ1v) is 5.74. The molecule has 0 spiro atoms. The monoisotopic (exact) mass is 233 g/mol. The van der Waals surface area contributed by atoms with Gasteiger partial charge in [0, 0.05) is 12.1 Å². The summed E-state index contributed by atoms with van der Waals surface area (Å²) in [5, 5.41) is 30.8. The summed E-state index contributed by atoms with van der Waals surface area (Å²) >= 11 is 0. The van der Waals surface area contributed by atoms with Crippen molar-refractivity contribution in [3.63, 3.8) is 0 Å². The van der Waals surface area contributed by atoms with Crippen molar-refractivity contribution in [1.29, 1.82) is 5.26 Å². The van der Waals surface area contributed by atoms with Crippen LogP contribution in [-0.4, -0.2) is 29.1 Å². The van der Waals surface area contributed by atoms with E-state index < -0.39 is 12.1 Å². The fourth-order valence-corrected chi connectivity index (χ4v) is 2.20. The van der Waals surface area contributed by atoms with Crippen molar-refractivity contribution in [1.82, 2.24) is 4.90 Å². The Hall–Kier alpha value is -1.64. The average Bonchev–Trinajstić information content (AvgIpc) is 2.84. The van der Waals surface area contributed by atoms with E-state index in [4.69, 9.17) is 5.26 Å². The molecule has 1 aromatic rings. The number of pyridine rings is 1. The first-order valence-electron chi connectivity index (χ1n) is 5.74. The summed E-state index contributed by atoms with van der Waals surface area (Å²) in [5.74, 6) is 0. The Kier molecular flexibility index (Phi) is 3.57. The molecule has 17 heavy (non-hydrogen) atoms. The number of rotatable bonds is 3. The highest BCUT2D eigenvalue weighted by Gasteiger charge is 2.33. The minimum absolute atomic E-state index is 0.228. The molecule has 0 saturated carbocycles. The molecule has 1 aliphatic heterocycles. The van der Waals surface area contributed by atoms with E-state index in [9.17, 15) is 10.3 Å². The highest BCUT2D eigenvalue weighted by atomic mass is 16.5. The van der Waals surface area contributed by atoms with Crippen LogP contribution in [0, 0.1) is 16.5 Å². The molecule has 1 N–H and O–H groups in total. The predicted molar refractivity (Wildman–Crippen MR) is 60.6 cm³/mol. The molecule has 90 valence electrons. The van der Waals surface area contributed by atoms with Gasteiger partial charge in [-0.3, -0.25) is 4.90 Å². The number of aliphatic hydroxyl groups excluding tert-OH is 1. The van der Waals surface area contributed by atoms with Crippen molar-refractivity contribution in [3.05, 3.63) is 35.3 Å². The van der Waals surface area contributed by atoms with Gasteiger partial charge in [-0.25, -0.2) is 0 Å². The third-order valence-corrected chi connectivity index (χ3v) is 3.12. The molecule has 0 bridgehead atoms. The van der Waals surface area contributed by atoms with Gasteiger partial charge in [0.2, 0.25) is 5.69 Å². The summed E-state index contributed by atoms with van der Waals surface area (Å²) in [6, 6.07) is 6.29. The summed E-state index contributed by atoms with van der Waals surface area (Å²) in [6.07, 6.45) is 2.35. The minimum atomic E-state index is -1.06. The van der Waals surface area contributed by atoms with Gasteiger partial charge in [0.25, 0.3) is 0 Å². The van der Waals surface area contributed by atoms with Gasteiger partial charge in [-0.15, -0.1) is 0 Å². The second-order valence-corrected chi connectivity index (χ2v) is 4.21. The molecule has 0 radical (unpaired) electrons. The van der Waals surface area contributed by atoms with Crippen LogP contribution in [0.3, 0.4) is 0 Å². The van der Waals surface area contributed by atoms with Gasteiger partial charge in [0.1, 0.15) is 6.04 Å². The van der Waals surface area contributed by atoms with Crippen molar-refractivity contribution < 1.29 is 9.84 Å². The lowest BCUT2D eigenvalue weighted by Crippen LogP contribution is -2.42. The van der Waals surface area contributed by atoms with Crippen molar-refractivity contribution in [2.45, 2.75) is 25.0 Å². The molecule has 2 heterocycles. The summed E-state index contributed by atoms with van der Waals surface area (Å²) < 4.78 is 0.616. The molecule has 0 aliphatic carbocycles. The first kappa shape index (κ1) is 11.8. The van der Waals surface area contributed by atoms with Gasteiger partial charge in [0.05, 0.1) is 6.07 Å². The van der Waals surface area contributed by atoms with Crippen LogP contribution >= 0.6 is 0 Å². The second-order valence-electron chi connectivity index (χ2n) is 4.21. The molecule has 5 heteroatoms. The first-order chi connectivity index (χ1) is 8.24. The van der Waals surface area contributed by atoms with Crippen LogP contribution < -0.4 is 4.73 Å². The quantitative estimate of drug-likeness (QED) is 0.603. The number of likely N-dealkylation sites (tertiary alicyclic amines) is 1. The molecule has 2 atom stereocenters. The largest absolute Gasteiger partial charge is 0.618 e. The van der Waals surface area contributed by atoms with Gasteiger partial charge >= 0.3 is 0 Å². The summed E-state index contributed by atoms with van der Waals surface area (Å²) in [6.45, 7) is 1.61. The zero-order valence-corrected chi connectivity index (χ0v) is 9.49. The van der Waals surface area contributed by atoms with Crippen LogP contribution in [-0.2, 0) is 0 Å². The smallest absolute Gasteiger partial charge is 0.224 e. The molecule has 1 saturated heterocycles. The Bertz CT molecular complexity index is 424. The predicted octanol–water partition coefficient (Wildman–Crippen LogP) is 0.341. The second kappa shape index (κ2) is 5.13. The van der Waals surface area contributed by atoms with Crippen molar-refractivity contribution in [2.24, 2.45) is 0 Å². The Labute approximate surface area is 100 Å². The molecular formula is C12H15N3O2. The molecular weight excluding hydrogens is 218 g/mol. The summed E-state index contributed by atoms with van der Waals surface area (Å²) in [4.78, 5) is 1.93. The number of nitriles is 1. The summed E-state index contributed by atoms with van der Waals surface area (Å²) in [7, 11) is 0. The standard InChI is InChI=1S/C12H15N3O2/c13-9-11(14-6-3-4-7-14)12(16)10-5-1-2-8-15(10)17/h1-2,5,8,11-12,16H,3-4,6-7H2/t11-,12-/m1/s1. The average molecular weight is 233 g/mol. The molecule has 5 nitrogen and oxygen atoms in total.